The number of amides is 1. The molecule has 1 aromatic carbocycles. The van der Waals surface area contributed by atoms with Crippen LogP contribution in [0.4, 0.5) is 4.79 Å². The number of benzene rings is 1. The summed E-state index contributed by atoms with van der Waals surface area (Å²) in [4.78, 5) is 15.0. The van der Waals surface area contributed by atoms with E-state index in [1.165, 1.54) is 10.5 Å². The van der Waals surface area contributed by atoms with E-state index in [4.69, 9.17) is 0 Å². The summed E-state index contributed by atoms with van der Waals surface area (Å²) >= 11 is 0. The van der Waals surface area contributed by atoms with Crippen LogP contribution in [-0.2, 0) is 6.42 Å². The van der Waals surface area contributed by atoms with Gasteiger partial charge in [0, 0.05) is 32.2 Å². The van der Waals surface area contributed by atoms with E-state index in [2.05, 4.69) is 17.0 Å². The first-order valence-electron chi connectivity index (χ1n) is 7.50. The molecule has 2 rings (SSSR count). The summed E-state index contributed by atoms with van der Waals surface area (Å²) in [6.07, 6.45) is 0.395. The number of rotatable bonds is 5. The van der Waals surface area contributed by atoms with E-state index in [0.29, 0.717) is 13.1 Å². The fourth-order valence-electron chi connectivity index (χ4n) is 2.79. The number of hydrogen-bond donors (Lipinski definition) is 2. The highest BCUT2D eigenvalue weighted by Crippen LogP contribution is 2.16. The van der Waals surface area contributed by atoms with Crippen molar-refractivity contribution < 1.29 is 15.0 Å². The van der Waals surface area contributed by atoms with Crippen molar-refractivity contribution in [2.24, 2.45) is 0 Å². The Morgan fingerprint density at radius 3 is 2.67 bits per heavy atom. The lowest BCUT2D eigenvalue weighted by molar-refractivity contribution is 0.0582. The third-order valence-corrected chi connectivity index (χ3v) is 4.02. The van der Waals surface area contributed by atoms with Crippen molar-refractivity contribution in [3.63, 3.8) is 0 Å². The lowest BCUT2D eigenvalue weighted by Crippen LogP contribution is -2.55. The van der Waals surface area contributed by atoms with Gasteiger partial charge in [-0.1, -0.05) is 30.3 Å². The molecule has 0 bridgehead atoms. The van der Waals surface area contributed by atoms with E-state index in [0.717, 1.165) is 25.9 Å². The molecule has 2 N–H and O–H groups in total. The molecule has 1 heterocycles. The molecule has 116 valence electrons. The van der Waals surface area contributed by atoms with Crippen molar-refractivity contribution in [3.05, 3.63) is 35.9 Å². The fraction of sp³-hybridized carbons (Fsp3) is 0.562. The van der Waals surface area contributed by atoms with Gasteiger partial charge in [-0.15, -0.1) is 0 Å². The molecule has 5 nitrogen and oxygen atoms in total. The average molecular weight is 292 g/mol. The Balaban J connectivity index is 2.02. The van der Waals surface area contributed by atoms with Gasteiger partial charge in [0.15, 0.2) is 0 Å². The van der Waals surface area contributed by atoms with E-state index in [1.54, 1.807) is 6.92 Å². The highest BCUT2D eigenvalue weighted by atomic mass is 16.4. The Hall–Kier alpha value is -1.59. The third kappa shape index (κ3) is 4.72. The third-order valence-electron chi connectivity index (χ3n) is 4.02. The topological polar surface area (TPSA) is 64.0 Å². The second-order valence-corrected chi connectivity index (χ2v) is 5.75. The standard InChI is InChI=1S/C16H24N2O3/c1-13(19)7-8-17-9-10-18(16(20)21)12-15(17)11-14-5-3-2-4-6-14/h2-6,13,15,19H,7-12H2,1H3,(H,20,21). The first-order chi connectivity index (χ1) is 10.1. The van der Waals surface area contributed by atoms with Crippen LogP contribution in [0, 0.1) is 0 Å². The Labute approximate surface area is 125 Å². The Morgan fingerprint density at radius 2 is 2.05 bits per heavy atom. The SMILES string of the molecule is CC(O)CCN1CCN(C(=O)O)CC1Cc1ccccc1. The molecular weight excluding hydrogens is 268 g/mol. The maximum absolute atomic E-state index is 11.2. The van der Waals surface area contributed by atoms with Crippen LogP contribution in [0.15, 0.2) is 30.3 Å². The molecule has 1 fully saturated rings. The van der Waals surface area contributed by atoms with Gasteiger partial charge in [-0.05, 0) is 25.3 Å². The minimum Gasteiger partial charge on any atom is -0.465 e. The molecule has 1 saturated heterocycles. The van der Waals surface area contributed by atoms with Crippen molar-refractivity contribution in [1.82, 2.24) is 9.80 Å². The molecule has 0 saturated carbocycles. The van der Waals surface area contributed by atoms with Crippen LogP contribution in [-0.4, -0.2) is 64.4 Å². The van der Waals surface area contributed by atoms with Crippen molar-refractivity contribution in [2.75, 3.05) is 26.2 Å². The molecule has 0 aliphatic carbocycles. The zero-order chi connectivity index (χ0) is 15.2. The molecule has 0 spiro atoms. The maximum Gasteiger partial charge on any atom is 0.407 e. The average Bonchev–Trinajstić information content (AvgIpc) is 2.46. The van der Waals surface area contributed by atoms with E-state index >= 15 is 0 Å². The van der Waals surface area contributed by atoms with Crippen LogP contribution >= 0.6 is 0 Å². The van der Waals surface area contributed by atoms with Gasteiger partial charge < -0.3 is 15.1 Å². The molecule has 1 aliphatic heterocycles. The van der Waals surface area contributed by atoms with Gasteiger partial charge in [-0.2, -0.15) is 0 Å². The van der Waals surface area contributed by atoms with Crippen LogP contribution in [0.25, 0.3) is 0 Å². The first-order valence-corrected chi connectivity index (χ1v) is 7.50. The number of carbonyl (C=O) groups is 1. The second kappa shape index (κ2) is 7.43. The molecule has 0 aromatic heterocycles. The summed E-state index contributed by atoms with van der Waals surface area (Å²) < 4.78 is 0. The number of carboxylic acid groups (broad SMARTS) is 1. The van der Waals surface area contributed by atoms with E-state index in [-0.39, 0.29) is 12.1 Å². The predicted octanol–water partition coefficient (Wildman–Crippen LogP) is 1.66. The molecule has 1 aliphatic rings. The largest absolute Gasteiger partial charge is 0.465 e. The predicted molar refractivity (Wildman–Crippen MR) is 81.4 cm³/mol. The van der Waals surface area contributed by atoms with Gasteiger partial charge in [-0.3, -0.25) is 4.90 Å². The Bertz CT molecular complexity index is 450. The van der Waals surface area contributed by atoms with Crippen LogP contribution in [0.1, 0.15) is 18.9 Å². The molecular formula is C16H24N2O3. The molecule has 2 unspecified atom stereocenters. The summed E-state index contributed by atoms with van der Waals surface area (Å²) in [5.41, 5.74) is 1.22. The van der Waals surface area contributed by atoms with Gasteiger partial charge in [-0.25, -0.2) is 4.79 Å². The van der Waals surface area contributed by atoms with Crippen molar-refractivity contribution >= 4 is 6.09 Å². The Morgan fingerprint density at radius 1 is 1.33 bits per heavy atom. The summed E-state index contributed by atoms with van der Waals surface area (Å²) in [6.45, 7) is 4.41. The highest BCUT2D eigenvalue weighted by molar-refractivity contribution is 5.65. The smallest absolute Gasteiger partial charge is 0.407 e. The lowest BCUT2D eigenvalue weighted by Gasteiger charge is -2.40. The van der Waals surface area contributed by atoms with Crippen molar-refractivity contribution in [3.8, 4) is 0 Å². The molecule has 5 heteroatoms. The second-order valence-electron chi connectivity index (χ2n) is 5.75. The zero-order valence-electron chi connectivity index (χ0n) is 12.5. The number of nitrogens with zero attached hydrogens (tertiary/aromatic N) is 2. The summed E-state index contributed by atoms with van der Waals surface area (Å²) in [5.74, 6) is 0. The quantitative estimate of drug-likeness (QED) is 0.866. The Kier molecular flexibility index (Phi) is 5.59. The number of aliphatic hydroxyl groups excluding tert-OH is 1. The van der Waals surface area contributed by atoms with Gasteiger partial charge in [0.25, 0.3) is 0 Å². The van der Waals surface area contributed by atoms with E-state index < -0.39 is 6.09 Å². The number of piperazine rings is 1. The maximum atomic E-state index is 11.2. The van der Waals surface area contributed by atoms with Crippen LogP contribution in [0.2, 0.25) is 0 Å². The highest BCUT2D eigenvalue weighted by Gasteiger charge is 2.29. The van der Waals surface area contributed by atoms with Crippen molar-refractivity contribution in [2.45, 2.75) is 31.9 Å². The monoisotopic (exact) mass is 292 g/mol. The zero-order valence-corrected chi connectivity index (χ0v) is 12.5. The summed E-state index contributed by atoms with van der Waals surface area (Å²) in [5, 5.41) is 18.7. The van der Waals surface area contributed by atoms with Gasteiger partial charge in [0.1, 0.15) is 0 Å². The number of hydrogen-bond acceptors (Lipinski definition) is 3. The van der Waals surface area contributed by atoms with Crippen LogP contribution in [0.5, 0.6) is 0 Å². The number of aliphatic hydroxyl groups is 1. The van der Waals surface area contributed by atoms with Gasteiger partial charge in [0.05, 0.1) is 6.10 Å². The molecule has 1 amide bonds. The van der Waals surface area contributed by atoms with E-state index in [9.17, 15) is 15.0 Å². The van der Waals surface area contributed by atoms with E-state index in [1.807, 2.05) is 18.2 Å². The first kappa shape index (κ1) is 15.8. The molecule has 0 radical (unpaired) electrons. The molecule has 21 heavy (non-hydrogen) atoms. The van der Waals surface area contributed by atoms with Crippen LogP contribution in [0.3, 0.4) is 0 Å². The molecule has 1 aromatic rings. The minimum absolute atomic E-state index is 0.177. The molecule has 2 atom stereocenters. The lowest BCUT2D eigenvalue weighted by atomic mass is 10.0. The van der Waals surface area contributed by atoms with Gasteiger partial charge in [0.2, 0.25) is 0 Å². The normalized spacial score (nSPS) is 21.2. The summed E-state index contributed by atoms with van der Waals surface area (Å²) in [6, 6.07) is 10.3. The van der Waals surface area contributed by atoms with Crippen molar-refractivity contribution in [1.29, 1.82) is 0 Å². The summed E-state index contributed by atoms with van der Waals surface area (Å²) in [7, 11) is 0. The minimum atomic E-state index is -0.844. The van der Waals surface area contributed by atoms with Gasteiger partial charge >= 0.3 is 6.09 Å². The fourth-order valence-corrected chi connectivity index (χ4v) is 2.79. The van der Waals surface area contributed by atoms with Crippen LogP contribution < -0.4 is 0 Å².